The van der Waals surface area contributed by atoms with Crippen molar-refractivity contribution in [2.45, 2.75) is 0 Å². The van der Waals surface area contributed by atoms with E-state index in [2.05, 4.69) is 4.98 Å². The Morgan fingerprint density at radius 2 is 2.18 bits per heavy atom. The van der Waals surface area contributed by atoms with Crippen molar-refractivity contribution >= 4 is 0 Å². The summed E-state index contributed by atoms with van der Waals surface area (Å²) in [5.41, 5.74) is 1.35. The molecule has 0 aliphatic heterocycles. The standard InChI is InChI=1S/C13H9FN2O/c1-17-13-4-5-16-8-11(13)9-2-3-10(7-15)12(14)6-9/h2-6,8H,1H3. The average Bonchev–Trinajstić information content (AvgIpc) is 2.38. The van der Waals surface area contributed by atoms with Crippen molar-refractivity contribution in [2.24, 2.45) is 0 Å². The first kappa shape index (κ1) is 11.1. The number of hydrogen-bond donors (Lipinski definition) is 0. The summed E-state index contributed by atoms with van der Waals surface area (Å²) >= 11 is 0. The summed E-state index contributed by atoms with van der Waals surface area (Å²) in [6.07, 6.45) is 3.20. The zero-order valence-electron chi connectivity index (χ0n) is 9.14. The second-order valence-corrected chi connectivity index (χ2v) is 3.38. The molecular weight excluding hydrogens is 219 g/mol. The molecule has 0 aliphatic carbocycles. The van der Waals surface area contributed by atoms with Crippen molar-refractivity contribution in [3.63, 3.8) is 0 Å². The minimum atomic E-state index is -0.545. The van der Waals surface area contributed by atoms with Crippen LogP contribution in [0.5, 0.6) is 5.75 Å². The van der Waals surface area contributed by atoms with Gasteiger partial charge in [0.05, 0.1) is 12.7 Å². The Bertz CT molecular complexity index is 590. The van der Waals surface area contributed by atoms with E-state index in [1.165, 1.54) is 12.1 Å². The molecule has 0 spiro atoms. The van der Waals surface area contributed by atoms with Crippen LogP contribution >= 0.6 is 0 Å². The van der Waals surface area contributed by atoms with Crippen molar-refractivity contribution in [3.05, 3.63) is 48.0 Å². The first-order chi connectivity index (χ1) is 8.26. The summed E-state index contributed by atoms with van der Waals surface area (Å²) in [7, 11) is 1.54. The van der Waals surface area contributed by atoms with Crippen molar-refractivity contribution in [1.82, 2.24) is 4.98 Å². The van der Waals surface area contributed by atoms with Gasteiger partial charge in [0.25, 0.3) is 0 Å². The van der Waals surface area contributed by atoms with Crippen molar-refractivity contribution < 1.29 is 9.13 Å². The fraction of sp³-hybridized carbons (Fsp3) is 0.0769. The quantitative estimate of drug-likeness (QED) is 0.793. The second-order valence-electron chi connectivity index (χ2n) is 3.38. The van der Waals surface area contributed by atoms with E-state index in [0.29, 0.717) is 16.9 Å². The number of pyridine rings is 1. The van der Waals surface area contributed by atoms with Gasteiger partial charge in [0.1, 0.15) is 17.6 Å². The number of rotatable bonds is 2. The maximum atomic E-state index is 13.5. The Hall–Kier alpha value is -2.41. The van der Waals surface area contributed by atoms with E-state index >= 15 is 0 Å². The number of methoxy groups -OCH3 is 1. The molecule has 0 amide bonds. The molecule has 0 N–H and O–H groups in total. The van der Waals surface area contributed by atoms with Gasteiger partial charge >= 0.3 is 0 Å². The van der Waals surface area contributed by atoms with Crippen LogP contribution in [0.3, 0.4) is 0 Å². The molecule has 0 saturated carbocycles. The van der Waals surface area contributed by atoms with Gasteiger partial charge in [-0.15, -0.1) is 0 Å². The molecule has 0 fully saturated rings. The molecule has 2 rings (SSSR count). The Balaban J connectivity index is 2.54. The number of aromatic nitrogens is 1. The van der Waals surface area contributed by atoms with Crippen LogP contribution in [0, 0.1) is 17.1 Å². The lowest BCUT2D eigenvalue weighted by atomic mass is 10.0. The van der Waals surface area contributed by atoms with E-state index in [1.807, 2.05) is 0 Å². The van der Waals surface area contributed by atoms with Crippen LogP contribution in [0.25, 0.3) is 11.1 Å². The Morgan fingerprint density at radius 1 is 1.35 bits per heavy atom. The van der Waals surface area contributed by atoms with Crippen molar-refractivity contribution in [1.29, 1.82) is 5.26 Å². The van der Waals surface area contributed by atoms with Gasteiger partial charge in [0.15, 0.2) is 0 Å². The molecule has 1 heterocycles. The van der Waals surface area contributed by atoms with E-state index in [4.69, 9.17) is 10.00 Å². The summed E-state index contributed by atoms with van der Waals surface area (Å²) in [6.45, 7) is 0. The Morgan fingerprint density at radius 3 is 2.82 bits per heavy atom. The molecule has 0 aliphatic rings. The van der Waals surface area contributed by atoms with E-state index in [1.54, 1.807) is 37.7 Å². The molecule has 1 aromatic carbocycles. The molecule has 0 saturated heterocycles. The fourth-order valence-electron chi connectivity index (χ4n) is 1.55. The minimum Gasteiger partial charge on any atom is -0.496 e. The monoisotopic (exact) mass is 228 g/mol. The van der Waals surface area contributed by atoms with Crippen LogP contribution < -0.4 is 4.74 Å². The van der Waals surface area contributed by atoms with Crippen LogP contribution in [0.15, 0.2) is 36.7 Å². The molecule has 0 atom stereocenters. The molecule has 17 heavy (non-hydrogen) atoms. The minimum absolute atomic E-state index is 0.0246. The van der Waals surface area contributed by atoms with E-state index in [0.717, 1.165) is 0 Å². The normalized spacial score (nSPS) is 9.71. The van der Waals surface area contributed by atoms with Crippen molar-refractivity contribution in [2.75, 3.05) is 7.11 Å². The van der Waals surface area contributed by atoms with E-state index in [9.17, 15) is 4.39 Å². The Kier molecular flexibility index (Phi) is 3.01. The highest BCUT2D eigenvalue weighted by atomic mass is 19.1. The highest BCUT2D eigenvalue weighted by Crippen LogP contribution is 2.29. The average molecular weight is 228 g/mol. The van der Waals surface area contributed by atoms with Gasteiger partial charge in [-0.1, -0.05) is 6.07 Å². The lowest BCUT2D eigenvalue weighted by molar-refractivity contribution is 0.416. The molecule has 4 heteroatoms. The molecule has 1 aromatic heterocycles. The topological polar surface area (TPSA) is 45.9 Å². The zero-order chi connectivity index (χ0) is 12.3. The lowest BCUT2D eigenvalue weighted by Gasteiger charge is -2.07. The van der Waals surface area contributed by atoms with Gasteiger partial charge in [-0.05, 0) is 23.8 Å². The third-order valence-electron chi connectivity index (χ3n) is 2.40. The number of halogens is 1. The number of ether oxygens (including phenoxy) is 1. The second kappa shape index (κ2) is 4.62. The predicted octanol–water partition coefficient (Wildman–Crippen LogP) is 2.77. The van der Waals surface area contributed by atoms with Crippen LogP contribution in [-0.2, 0) is 0 Å². The summed E-state index contributed by atoms with van der Waals surface area (Å²) < 4.78 is 18.7. The number of nitrogens with zero attached hydrogens (tertiary/aromatic N) is 2. The SMILES string of the molecule is COc1ccncc1-c1ccc(C#N)c(F)c1. The first-order valence-electron chi connectivity index (χ1n) is 4.94. The third-order valence-corrected chi connectivity index (χ3v) is 2.40. The number of benzene rings is 1. The number of hydrogen-bond acceptors (Lipinski definition) is 3. The molecule has 0 unspecified atom stereocenters. The molecule has 84 valence electrons. The van der Waals surface area contributed by atoms with E-state index in [-0.39, 0.29) is 5.56 Å². The van der Waals surface area contributed by atoms with Crippen LogP contribution in [0.4, 0.5) is 4.39 Å². The molecular formula is C13H9FN2O. The van der Waals surface area contributed by atoms with Gasteiger partial charge in [-0.3, -0.25) is 4.98 Å². The lowest BCUT2D eigenvalue weighted by Crippen LogP contribution is -1.90. The smallest absolute Gasteiger partial charge is 0.141 e. The summed E-state index contributed by atoms with van der Waals surface area (Å²) in [5, 5.41) is 8.65. The molecule has 0 bridgehead atoms. The molecule has 2 aromatic rings. The predicted molar refractivity (Wildman–Crippen MR) is 60.9 cm³/mol. The zero-order valence-corrected chi connectivity index (χ0v) is 9.14. The highest BCUT2D eigenvalue weighted by Gasteiger charge is 2.08. The van der Waals surface area contributed by atoms with Crippen LogP contribution in [-0.4, -0.2) is 12.1 Å². The molecule has 3 nitrogen and oxygen atoms in total. The largest absolute Gasteiger partial charge is 0.496 e. The van der Waals surface area contributed by atoms with Crippen LogP contribution in [0.2, 0.25) is 0 Å². The maximum absolute atomic E-state index is 13.5. The van der Waals surface area contributed by atoms with Gasteiger partial charge in [0, 0.05) is 18.0 Å². The van der Waals surface area contributed by atoms with Gasteiger partial charge < -0.3 is 4.74 Å². The number of nitriles is 1. The molecule has 0 radical (unpaired) electrons. The van der Waals surface area contributed by atoms with Crippen LogP contribution in [0.1, 0.15) is 5.56 Å². The van der Waals surface area contributed by atoms with Gasteiger partial charge in [-0.25, -0.2) is 4.39 Å². The van der Waals surface area contributed by atoms with E-state index < -0.39 is 5.82 Å². The van der Waals surface area contributed by atoms with Gasteiger partial charge in [-0.2, -0.15) is 5.26 Å². The summed E-state index contributed by atoms with van der Waals surface area (Å²) in [6, 6.07) is 7.89. The fourth-order valence-corrected chi connectivity index (χ4v) is 1.55. The summed E-state index contributed by atoms with van der Waals surface area (Å²) in [4.78, 5) is 3.97. The highest BCUT2D eigenvalue weighted by molar-refractivity contribution is 5.70. The first-order valence-corrected chi connectivity index (χ1v) is 4.94. The Labute approximate surface area is 98.1 Å². The summed E-state index contributed by atoms with van der Waals surface area (Å²) in [5.74, 6) is 0.0695. The third kappa shape index (κ3) is 2.08. The van der Waals surface area contributed by atoms with Gasteiger partial charge in [0.2, 0.25) is 0 Å². The maximum Gasteiger partial charge on any atom is 0.141 e. The van der Waals surface area contributed by atoms with Crippen molar-refractivity contribution in [3.8, 4) is 22.9 Å².